The molecule has 0 fully saturated rings. The first-order chi connectivity index (χ1) is 2.00. The van der Waals surface area contributed by atoms with Gasteiger partial charge in [-0.2, -0.15) is 0 Å². The predicted octanol–water partition coefficient (Wildman–Crippen LogP) is -1.58. The summed E-state index contributed by atoms with van der Waals surface area (Å²) in [7, 11) is -4.64. The second-order valence-corrected chi connectivity index (χ2v) is 1.54. The number of rotatable bonds is 0. The molecule has 1 radical (unpaired) electrons. The van der Waals surface area contributed by atoms with E-state index < -0.39 is 7.82 Å². The van der Waals surface area contributed by atoms with E-state index in [1.54, 1.807) is 0 Å². The Balaban J connectivity index is -0.0000000133. The topological polar surface area (TPSA) is 77.8 Å². The predicted molar refractivity (Wildman–Crippen MR) is 21.4 cm³/mol. The monoisotopic (exact) mass is 279 g/mol. The van der Waals surface area contributed by atoms with Crippen LogP contribution in [-0.2, 0) is 54.9 Å². The van der Waals surface area contributed by atoms with Crippen LogP contribution in [0.2, 0.25) is 0 Å². The Morgan fingerprint density at radius 2 is 1.11 bits per heavy atom. The summed E-state index contributed by atoms with van der Waals surface area (Å²) in [5, 5.41) is 0. The molecule has 0 unspecified atom stereocenters. The van der Waals surface area contributed by atoms with Crippen molar-refractivity contribution < 1.29 is 69.6 Å². The molecule has 0 aromatic carbocycles. The Kier molecular flexibility index (Phi) is 43.3. The molecule has 61 valence electrons. The Hall–Kier alpha value is 2.23. The van der Waals surface area contributed by atoms with Gasteiger partial charge in [0.25, 0.3) is 0 Å². The molecule has 9 heteroatoms. The van der Waals surface area contributed by atoms with Gasteiger partial charge in [0.15, 0.2) is 0 Å². The maximum atomic E-state index is 8.88. The molecule has 0 atom stereocenters. The zero-order valence-corrected chi connectivity index (χ0v) is 7.23. The normalized spacial score (nSPS) is 6.56. The standard InChI is InChI=1S/Co.Fe.Li.Ni.H3O4P.H/c;;;;1-5(2,3)4;/h;;;;(H3,1,2,3,4);. The first kappa shape index (κ1) is 30.3. The number of hydrogen-bond donors (Lipinski definition) is 3. The van der Waals surface area contributed by atoms with Crippen molar-refractivity contribution >= 4 is 26.7 Å². The molecule has 0 bridgehead atoms. The first-order valence-corrected chi connectivity index (χ1v) is 2.35. The van der Waals surface area contributed by atoms with E-state index in [1.807, 2.05) is 0 Å². The van der Waals surface area contributed by atoms with Crippen molar-refractivity contribution in [3.05, 3.63) is 0 Å². The van der Waals surface area contributed by atoms with Gasteiger partial charge in [0.1, 0.15) is 0 Å². The molecule has 0 spiro atoms. The summed E-state index contributed by atoms with van der Waals surface area (Å²) in [6.45, 7) is 0. The zero-order chi connectivity index (χ0) is 4.50. The largest absolute Gasteiger partial charge is 0 e. The molecule has 0 saturated carbocycles. The van der Waals surface area contributed by atoms with Gasteiger partial charge in [0.05, 0.1) is 0 Å². The van der Waals surface area contributed by atoms with E-state index in [0.29, 0.717) is 0 Å². The van der Waals surface area contributed by atoms with Gasteiger partial charge >= 0.3 is 26.7 Å². The van der Waals surface area contributed by atoms with Crippen LogP contribution in [0.4, 0.5) is 0 Å². The van der Waals surface area contributed by atoms with Crippen LogP contribution < -0.4 is 0 Å². The summed E-state index contributed by atoms with van der Waals surface area (Å²) in [5.41, 5.74) is 0. The van der Waals surface area contributed by atoms with Gasteiger partial charge < -0.3 is 14.7 Å². The molecule has 0 amide bonds. The van der Waals surface area contributed by atoms with Crippen LogP contribution in [0.5, 0.6) is 0 Å². The van der Waals surface area contributed by atoms with E-state index in [0.717, 1.165) is 0 Å². The summed E-state index contributed by atoms with van der Waals surface area (Å²) in [6.07, 6.45) is 0. The summed E-state index contributed by atoms with van der Waals surface area (Å²) < 4.78 is 8.88. The third kappa shape index (κ3) is 140. The molecule has 0 heterocycles. The second-order valence-electron chi connectivity index (χ2n) is 0.513. The molecule has 0 aliphatic heterocycles. The van der Waals surface area contributed by atoms with Crippen molar-refractivity contribution in [2.45, 2.75) is 0 Å². The smallest absolute Gasteiger partial charge is 0 e. The molecule has 4 nitrogen and oxygen atoms in total. The molecule has 0 aliphatic rings. The van der Waals surface area contributed by atoms with E-state index in [2.05, 4.69) is 0 Å². The summed E-state index contributed by atoms with van der Waals surface area (Å²) in [6, 6.07) is 0. The average Bonchev–Trinajstić information content (AvgIpc) is 0.722. The van der Waals surface area contributed by atoms with Crippen molar-refractivity contribution in [2.75, 3.05) is 0 Å². The van der Waals surface area contributed by atoms with Gasteiger partial charge in [0.2, 0.25) is 0 Å². The van der Waals surface area contributed by atoms with E-state index >= 15 is 0 Å². The van der Waals surface area contributed by atoms with E-state index in [1.165, 1.54) is 0 Å². The first-order valence-electron chi connectivity index (χ1n) is 0.783. The molecule has 0 aromatic heterocycles. The SMILES string of the molecule is O=P(O)(O)O.[Co].[Fe].[LiH].[Ni]. The van der Waals surface area contributed by atoms with Crippen LogP contribution in [0.1, 0.15) is 0 Å². The second kappa shape index (κ2) is 12.9. The molecule has 0 rings (SSSR count). The fraction of sp³-hybridized carbons (Fsp3) is 0. The van der Waals surface area contributed by atoms with Crippen LogP contribution in [0.3, 0.4) is 0 Å². The fourth-order valence-corrected chi connectivity index (χ4v) is 0. The third-order valence-electron chi connectivity index (χ3n) is 0. The van der Waals surface area contributed by atoms with Gasteiger partial charge in [-0.25, -0.2) is 4.57 Å². The minimum atomic E-state index is -4.64. The van der Waals surface area contributed by atoms with Gasteiger partial charge in [-0.05, 0) is 0 Å². The summed E-state index contributed by atoms with van der Waals surface area (Å²) in [5.74, 6) is 0. The van der Waals surface area contributed by atoms with E-state index in [4.69, 9.17) is 19.2 Å². The van der Waals surface area contributed by atoms with Crippen molar-refractivity contribution in [2.24, 2.45) is 0 Å². The van der Waals surface area contributed by atoms with Crippen LogP contribution >= 0.6 is 7.82 Å². The van der Waals surface area contributed by atoms with Crippen LogP contribution in [0.15, 0.2) is 0 Å². The van der Waals surface area contributed by atoms with Crippen molar-refractivity contribution in [1.29, 1.82) is 0 Å². The summed E-state index contributed by atoms with van der Waals surface area (Å²) >= 11 is 0. The Labute approximate surface area is 95.6 Å². The van der Waals surface area contributed by atoms with Gasteiger partial charge in [-0.3, -0.25) is 0 Å². The average molecular weight is 279 g/mol. The molecule has 9 heavy (non-hydrogen) atoms. The minimum absolute atomic E-state index is 0. The Morgan fingerprint density at radius 1 is 1.11 bits per heavy atom. The molecule has 0 aliphatic carbocycles. The van der Waals surface area contributed by atoms with Gasteiger partial charge in [-0.15, -0.1) is 0 Å². The molecule has 0 aromatic rings. The molecule has 0 saturated heterocycles. The van der Waals surface area contributed by atoms with Crippen LogP contribution in [0, 0.1) is 0 Å². The van der Waals surface area contributed by atoms with Gasteiger partial charge in [0, 0.05) is 50.3 Å². The maximum Gasteiger partial charge on any atom is 0 e. The summed E-state index contributed by atoms with van der Waals surface area (Å²) in [4.78, 5) is 21.6. The molecule has 3 N–H and O–H groups in total. The molecular weight excluding hydrogens is 275 g/mol. The van der Waals surface area contributed by atoms with Crippen molar-refractivity contribution in [1.82, 2.24) is 0 Å². The Bertz CT molecular complexity index is 66.7. The zero-order valence-electron chi connectivity index (χ0n) is 3.20. The van der Waals surface area contributed by atoms with Crippen molar-refractivity contribution in [3.8, 4) is 0 Å². The van der Waals surface area contributed by atoms with Crippen LogP contribution in [0.25, 0.3) is 0 Å². The minimum Gasteiger partial charge on any atom is 0 e. The van der Waals surface area contributed by atoms with Gasteiger partial charge in [-0.1, -0.05) is 0 Å². The number of phosphoric acid groups is 1. The van der Waals surface area contributed by atoms with E-state index in [9.17, 15) is 0 Å². The van der Waals surface area contributed by atoms with Crippen molar-refractivity contribution in [3.63, 3.8) is 0 Å². The fourth-order valence-electron chi connectivity index (χ4n) is 0. The number of hydrogen-bond acceptors (Lipinski definition) is 1. The third-order valence-corrected chi connectivity index (χ3v) is 0. The Morgan fingerprint density at radius 3 is 1.11 bits per heavy atom. The molecular formula is H4CoFeLiNiO4P. The maximum absolute atomic E-state index is 8.88. The van der Waals surface area contributed by atoms with Crippen LogP contribution in [-0.4, -0.2) is 33.5 Å². The quantitative estimate of drug-likeness (QED) is 0.369. The van der Waals surface area contributed by atoms with E-state index in [-0.39, 0.29) is 69.2 Å².